The minimum absolute atomic E-state index is 0.260. The normalized spacial score (nSPS) is 10.2. The second-order valence-electron chi connectivity index (χ2n) is 4.99. The Kier molecular flexibility index (Phi) is 6.06. The molecule has 0 saturated heterocycles. The number of hydrogen-bond donors (Lipinski definition) is 1. The third-order valence-electron chi connectivity index (χ3n) is 3.06. The van der Waals surface area contributed by atoms with Gasteiger partial charge in [-0.25, -0.2) is 4.79 Å². The van der Waals surface area contributed by atoms with Gasteiger partial charge in [0.05, 0.1) is 7.11 Å². The quantitative estimate of drug-likeness (QED) is 0.807. The fourth-order valence-electron chi connectivity index (χ4n) is 2.01. The predicted molar refractivity (Wildman–Crippen MR) is 93.1 cm³/mol. The fraction of sp³-hybridized carbons (Fsp3) is 0.176. The van der Waals surface area contributed by atoms with Crippen LogP contribution in [0.15, 0.2) is 36.4 Å². The average Bonchev–Trinajstić information content (AvgIpc) is 2.51. The molecule has 0 unspecified atom stereocenters. The topological polar surface area (TPSA) is 64.6 Å². The van der Waals surface area contributed by atoms with Gasteiger partial charge in [-0.15, -0.1) is 0 Å². The number of esters is 1. The van der Waals surface area contributed by atoms with Gasteiger partial charge in [-0.3, -0.25) is 4.79 Å². The van der Waals surface area contributed by atoms with Crippen molar-refractivity contribution in [1.82, 2.24) is 0 Å². The number of anilines is 1. The van der Waals surface area contributed by atoms with Gasteiger partial charge in [-0.1, -0.05) is 34.8 Å². The minimum atomic E-state index is -0.644. The molecule has 2 rings (SSSR count). The molecule has 0 aliphatic heterocycles. The SMILES string of the molecule is COc1ccc(C)cc1C(=O)OCC(=O)Nc1cc(Cl)cc(Cl)c1. The molecule has 0 aromatic heterocycles. The lowest BCUT2D eigenvalue weighted by Gasteiger charge is -2.10. The Morgan fingerprint density at radius 2 is 1.75 bits per heavy atom. The summed E-state index contributed by atoms with van der Waals surface area (Å²) in [4.78, 5) is 24.0. The van der Waals surface area contributed by atoms with Gasteiger partial charge < -0.3 is 14.8 Å². The predicted octanol–water partition coefficient (Wildman–Crippen LogP) is 4.11. The number of nitrogens with one attached hydrogen (secondary N) is 1. The summed E-state index contributed by atoms with van der Waals surface area (Å²) in [6, 6.07) is 9.73. The number of benzene rings is 2. The van der Waals surface area contributed by atoms with Crippen LogP contribution >= 0.6 is 23.2 Å². The monoisotopic (exact) mass is 367 g/mol. The molecule has 0 saturated carbocycles. The Labute approximate surface area is 149 Å². The summed E-state index contributed by atoms with van der Waals surface area (Å²) in [6.07, 6.45) is 0. The van der Waals surface area contributed by atoms with E-state index in [-0.39, 0.29) is 5.56 Å². The largest absolute Gasteiger partial charge is 0.496 e. The van der Waals surface area contributed by atoms with Crippen LogP contribution in [-0.4, -0.2) is 25.6 Å². The van der Waals surface area contributed by atoms with E-state index >= 15 is 0 Å². The Morgan fingerprint density at radius 3 is 2.38 bits per heavy atom. The van der Waals surface area contributed by atoms with Crippen LogP contribution in [0.25, 0.3) is 0 Å². The number of rotatable bonds is 5. The van der Waals surface area contributed by atoms with Gasteiger partial charge in [0.2, 0.25) is 0 Å². The maximum Gasteiger partial charge on any atom is 0.342 e. The van der Waals surface area contributed by atoms with Gasteiger partial charge in [0.1, 0.15) is 11.3 Å². The van der Waals surface area contributed by atoms with E-state index in [1.807, 2.05) is 13.0 Å². The van der Waals surface area contributed by atoms with Gasteiger partial charge in [-0.2, -0.15) is 0 Å². The zero-order valence-electron chi connectivity index (χ0n) is 13.1. The molecule has 0 atom stereocenters. The highest BCUT2D eigenvalue weighted by molar-refractivity contribution is 6.35. The molecule has 0 heterocycles. The minimum Gasteiger partial charge on any atom is -0.496 e. The maximum absolute atomic E-state index is 12.1. The fourth-order valence-corrected chi connectivity index (χ4v) is 2.54. The van der Waals surface area contributed by atoms with Crippen molar-refractivity contribution in [2.75, 3.05) is 19.0 Å². The summed E-state index contributed by atoms with van der Waals surface area (Å²) >= 11 is 11.7. The van der Waals surface area contributed by atoms with Crippen LogP contribution in [0.3, 0.4) is 0 Å². The van der Waals surface area contributed by atoms with Gasteiger partial charge >= 0.3 is 5.97 Å². The molecule has 2 aromatic carbocycles. The summed E-state index contributed by atoms with van der Waals surface area (Å²) < 4.78 is 10.1. The van der Waals surface area contributed by atoms with Crippen LogP contribution in [0.4, 0.5) is 5.69 Å². The number of hydrogen-bond acceptors (Lipinski definition) is 4. The molecule has 7 heteroatoms. The van der Waals surface area contributed by atoms with Gasteiger partial charge in [0.15, 0.2) is 6.61 Å². The van der Waals surface area contributed by atoms with Crippen LogP contribution < -0.4 is 10.1 Å². The van der Waals surface area contributed by atoms with Crippen molar-refractivity contribution in [3.05, 3.63) is 57.6 Å². The third-order valence-corrected chi connectivity index (χ3v) is 3.49. The first-order valence-electron chi connectivity index (χ1n) is 6.97. The van der Waals surface area contributed by atoms with Crippen LogP contribution in [0, 0.1) is 6.92 Å². The molecule has 24 heavy (non-hydrogen) atoms. The molecule has 0 aliphatic rings. The van der Waals surface area contributed by atoms with Crippen molar-refractivity contribution >= 4 is 40.8 Å². The van der Waals surface area contributed by atoms with E-state index in [9.17, 15) is 9.59 Å². The van der Waals surface area contributed by atoms with E-state index in [4.69, 9.17) is 32.7 Å². The van der Waals surface area contributed by atoms with E-state index in [1.165, 1.54) is 19.2 Å². The lowest BCUT2D eigenvalue weighted by molar-refractivity contribution is -0.119. The first-order valence-corrected chi connectivity index (χ1v) is 7.72. The number of aryl methyl sites for hydroxylation is 1. The zero-order valence-corrected chi connectivity index (χ0v) is 14.6. The first kappa shape index (κ1) is 18.1. The van der Waals surface area contributed by atoms with E-state index in [2.05, 4.69) is 5.32 Å². The molecular formula is C17H15Cl2NO4. The Morgan fingerprint density at radius 1 is 1.08 bits per heavy atom. The highest BCUT2D eigenvalue weighted by atomic mass is 35.5. The molecule has 0 spiro atoms. The van der Waals surface area contributed by atoms with Crippen molar-refractivity contribution < 1.29 is 19.1 Å². The molecule has 2 aromatic rings. The van der Waals surface area contributed by atoms with Crippen LogP contribution in [0.2, 0.25) is 10.0 Å². The van der Waals surface area contributed by atoms with Crippen molar-refractivity contribution in [2.45, 2.75) is 6.92 Å². The summed E-state index contributed by atoms with van der Waals surface area (Å²) in [5.74, 6) is -0.768. The van der Waals surface area contributed by atoms with Crippen LogP contribution in [0.5, 0.6) is 5.75 Å². The summed E-state index contributed by atoms with van der Waals surface area (Å²) in [5.41, 5.74) is 1.55. The summed E-state index contributed by atoms with van der Waals surface area (Å²) in [7, 11) is 1.46. The molecule has 1 amide bonds. The number of methoxy groups -OCH3 is 1. The van der Waals surface area contributed by atoms with Gasteiger partial charge in [0.25, 0.3) is 5.91 Å². The molecule has 0 bridgehead atoms. The summed E-state index contributed by atoms with van der Waals surface area (Å²) in [5, 5.41) is 3.33. The Balaban J connectivity index is 1.98. The second kappa shape index (κ2) is 8.04. The highest BCUT2D eigenvalue weighted by Crippen LogP contribution is 2.23. The Hall–Kier alpha value is -2.24. The van der Waals surface area contributed by atoms with E-state index in [0.29, 0.717) is 21.5 Å². The first-order chi connectivity index (χ1) is 11.4. The third kappa shape index (κ3) is 4.88. The zero-order chi connectivity index (χ0) is 17.7. The van der Waals surface area contributed by atoms with E-state index in [1.54, 1.807) is 18.2 Å². The molecule has 0 fully saturated rings. The number of amides is 1. The smallest absolute Gasteiger partial charge is 0.342 e. The molecule has 5 nitrogen and oxygen atoms in total. The lowest BCUT2D eigenvalue weighted by atomic mass is 10.1. The molecule has 0 radical (unpaired) electrons. The van der Waals surface area contributed by atoms with Crippen molar-refractivity contribution in [1.29, 1.82) is 0 Å². The van der Waals surface area contributed by atoms with Gasteiger partial charge in [0, 0.05) is 15.7 Å². The van der Waals surface area contributed by atoms with E-state index in [0.717, 1.165) is 5.56 Å². The standard InChI is InChI=1S/C17H15Cl2NO4/c1-10-3-4-15(23-2)14(5-10)17(22)24-9-16(21)20-13-7-11(18)6-12(19)8-13/h3-8H,9H2,1-2H3,(H,20,21). The van der Waals surface area contributed by atoms with Crippen LogP contribution in [-0.2, 0) is 9.53 Å². The Bertz CT molecular complexity index is 757. The van der Waals surface area contributed by atoms with Crippen LogP contribution in [0.1, 0.15) is 15.9 Å². The number of ether oxygens (including phenoxy) is 2. The lowest BCUT2D eigenvalue weighted by Crippen LogP contribution is -2.21. The second-order valence-corrected chi connectivity index (χ2v) is 5.86. The van der Waals surface area contributed by atoms with Gasteiger partial charge in [-0.05, 0) is 37.3 Å². The number of carbonyl (C=O) groups is 2. The maximum atomic E-state index is 12.1. The summed E-state index contributed by atoms with van der Waals surface area (Å²) in [6.45, 7) is 1.39. The van der Waals surface area contributed by atoms with E-state index < -0.39 is 18.5 Å². The van der Waals surface area contributed by atoms with Crippen molar-refractivity contribution in [2.24, 2.45) is 0 Å². The highest BCUT2D eigenvalue weighted by Gasteiger charge is 2.15. The molecule has 0 aliphatic carbocycles. The van der Waals surface area contributed by atoms with Crippen molar-refractivity contribution in [3.63, 3.8) is 0 Å². The average molecular weight is 368 g/mol. The van der Waals surface area contributed by atoms with Crippen molar-refractivity contribution in [3.8, 4) is 5.75 Å². The molecule has 1 N–H and O–H groups in total. The molecular weight excluding hydrogens is 353 g/mol. The molecule has 126 valence electrons. The number of carbonyl (C=O) groups excluding carboxylic acids is 2. The number of halogens is 2.